The third-order valence-electron chi connectivity index (χ3n) is 4.97. The molecule has 30 heavy (non-hydrogen) atoms. The molecule has 6 heteroatoms. The molecule has 1 aromatic heterocycles. The molecule has 1 amide bonds. The number of nitrogens with zero attached hydrogens (tertiary/aromatic N) is 2. The summed E-state index contributed by atoms with van der Waals surface area (Å²) in [4.78, 5) is 17.1. The van der Waals surface area contributed by atoms with Gasteiger partial charge in [0.15, 0.2) is 0 Å². The molecule has 4 nitrogen and oxygen atoms in total. The predicted molar refractivity (Wildman–Crippen MR) is 122 cm³/mol. The molecular weight excluding hydrogens is 417 g/mol. The van der Waals surface area contributed by atoms with Gasteiger partial charge >= 0.3 is 0 Å². The minimum Gasteiger partial charge on any atom is -0.352 e. The number of fused-ring (bicyclic) bond motifs is 1. The highest BCUT2D eigenvalue weighted by Crippen LogP contribution is 2.20. The Morgan fingerprint density at radius 3 is 2.47 bits per heavy atom. The second kappa shape index (κ2) is 9.33. The van der Waals surface area contributed by atoms with E-state index in [4.69, 9.17) is 28.2 Å². The molecule has 0 saturated heterocycles. The molecule has 0 aliphatic carbocycles. The van der Waals surface area contributed by atoms with E-state index < -0.39 is 0 Å². The number of halogens is 2. The maximum atomic E-state index is 12.3. The normalized spacial score (nSPS) is 11.0. The lowest BCUT2D eigenvalue weighted by atomic mass is 10.2. The van der Waals surface area contributed by atoms with Gasteiger partial charge in [0.05, 0.1) is 21.6 Å². The number of hydrogen-bond donors (Lipinski definition) is 1. The Balaban J connectivity index is 1.45. The molecule has 4 rings (SSSR count). The summed E-state index contributed by atoms with van der Waals surface area (Å²) < 4.78 is 2.23. The van der Waals surface area contributed by atoms with Gasteiger partial charge in [0.25, 0.3) is 5.91 Å². The Labute approximate surface area is 185 Å². The molecule has 152 valence electrons. The Hall–Kier alpha value is -2.82. The number of aryl methyl sites for hydroxylation is 1. The van der Waals surface area contributed by atoms with Gasteiger partial charge in [0, 0.05) is 24.5 Å². The highest BCUT2D eigenvalue weighted by atomic mass is 35.5. The van der Waals surface area contributed by atoms with Crippen molar-refractivity contribution in [1.29, 1.82) is 0 Å². The van der Waals surface area contributed by atoms with Gasteiger partial charge in [-0.15, -0.1) is 0 Å². The highest BCUT2D eigenvalue weighted by Gasteiger charge is 2.12. The fourth-order valence-electron chi connectivity index (χ4n) is 3.45. The summed E-state index contributed by atoms with van der Waals surface area (Å²) in [6, 6.07) is 23.1. The third kappa shape index (κ3) is 4.66. The summed E-state index contributed by atoms with van der Waals surface area (Å²) in [7, 11) is 0. The molecule has 0 saturated carbocycles. The van der Waals surface area contributed by atoms with E-state index in [1.807, 2.05) is 48.5 Å². The molecule has 3 aromatic carbocycles. The minimum absolute atomic E-state index is 0.157. The topological polar surface area (TPSA) is 46.9 Å². The van der Waals surface area contributed by atoms with Gasteiger partial charge in [0.1, 0.15) is 5.82 Å². The quantitative estimate of drug-likeness (QED) is 0.373. The predicted octanol–water partition coefficient (Wildman–Crippen LogP) is 5.75. The van der Waals surface area contributed by atoms with Gasteiger partial charge in [-0.2, -0.15) is 0 Å². The SMILES string of the molecule is O=C(NCCCc1nc2ccccc2n1Cc1ccc(Cl)cc1)c1ccccc1Cl. The lowest BCUT2D eigenvalue weighted by molar-refractivity contribution is 0.0953. The van der Waals surface area contributed by atoms with Gasteiger partial charge < -0.3 is 9.88 Å². The molecule has 0 atom stereocenters. The molecule has 0 fully saturated rings. The number of rotatable bonds is 7. The van der Waals surface area contributed by atoms with Crippen molar-refractivity contribution in [3.63, 3.8) is 0 Å². The molecule has 1 heterocycles. The van der Waals surface area contributed by atoms with Crippen LogP contribution in [0.2, 0.25) is 10.0 Å². The minimum atomic E-state index is -0.157. The van der Waals surface area contributed by atoms with Crippen molar-refractivity contribution in [2.75, 3.05) is 6.54 Å². The first-order valence-electron chi connectivity index (χ1n) is 9.83. The van der Waals surface area contributed by atoms with E-state index in [0.717, 1.165) is 46.8 Å². The Morgan fingerprint density at radius 1 is 0.933 bits per heavy atom. The van der Waals surface area contributed by atoms with Crippen LogP contribution in [0.4, 0.5) is 0 Å². The van der Waals surface area contributed by atoms with Gasteiger partial charge in [-0.05, 0) is 48.4 Å². The standard InChI is InChI=1S/C24H21Cl2N3O/c25-18-13-11-17(12-14-18)16-29-22-9-4-3-8-21(22)28-23(29)10-5-15-27-24(30)19-6-1-2-7-20(19)26/h1-4,6-9,11-14H,5,10,15-16H2,(H,27,30). The van der Waals surface area contributed by atoms with Crippen molar-refractivity contribution in [3.05, 3.63) is 99.8 Å². The number of nitrogens with one attached hydrogen (secondary N) is 1. The molecule has 4 aromatic rings. The summed E-state index contributed by atoms with van der Waals surface area (Å²) in [6.45, 7) is 1.27. The zero-order valence-corrected chi connectivity index (χ0v) is 17.8. The second-order valence-electron chi connectivity index (χ2n) is 7.07. The van der Waals surface area contributed by atoms with E-state index in [1.54, 1.807) is 18.2 Å². The van der Waals surface area contributed by atoms with Gasteiger partial charge in [-0.1, -0.05) is 59.6 Å². The van der Waals surface area contributed by atoms with Crippen molar-refractivity contribution >= 4 is 40.1 Å². The number of amides is 1. The Kier molecular flexibility index (Phi) is 6.36. The number of carbonyl (C=O) groups is 1. The summed E-state index contributed by atoms with van der Waals surface area (Å²) in [5.41, 5.74) is 3.73. The van der Waals surface area contributed by atoms with Crippen LogP contribution in [0.1, 0.15) is 28.2 Å². The number of imidazole rings is 1. The van der Waals surface area contributed by atoms with Crippen LogP contribution in [-0.4, -0.2) is 22.0 Å². The smallest absolute Gasteiger partial charge is 0.252 e. The lowest BCUT2D eigenvalue weighted by Crippen LogP contribution is -2.25. The lowest BCUT2D eigenvalue weighted by Gasteiger charge is -2.10. The molecule has 1 N–H and O–H groups in total. The van der Waals surface area contributed by atoms with E-state index in [-0.39, 0.29) is 5.91 Å². The molecule has 0 aliphatic heterocycles. The maximum Gasteiger partial charge on any atom is 0.252 e. The van der Waals surface area contributed by atoms with Crippen LogP contribution in [0, 0.1) is 0 Å². The van der Waals surface area contributed by atoms with Gasteiger partial charge in [-0.3, -0.25) is 4.79 Å². The molecule has 0 spiro atoms. The van der Waals surface area contributed by atoms with Crippen molar-refractivity contribution in [2.45, 2.75) is 19.4 Å². The average Bonchev–Trinajstić information content (AvgIpc) is 3.10. The highest BCUT2D eigenvalue weighted by molar-refractivity contribution is 6.33. The van der Waals surface area contributed by atoms with Crippen LogP contribution in [0.3, 0.4) is 0 Å². The maximum absolute atomic E-state index is 12.3. The van der Waals surface area contributed by atoms with E-state index in [1.165, 1.54) is 0 Å². The van der Waals surface area contributed by atoms with Crippen LogP contribution >= 0.6 is 23.2 Å². The van der Waals surface area contributed by atoms with Gasteiger partial charge in [0.2, 0.25) is 0 Å². The first-order chi connectivity index (χ1) is 14.6. The van der Waals surface area contributed by atoms with Crippen LogP contribution in [0.5, 0.6) is 0 Å². The largest absolute Gasteiger partial charge is 0.352 e. The third-order valence-corrected chi connectivity index (χ3v) is 5.55. The number of para-hydroxylation sites is 2. The van der Waals surface area contributed by atoms with E-state index >= 15 is 0 Å². The molecular formula is C24H21Cl2N3O. The number of hydrogen-bond acceptors (Lipinski definition) is 2. The Morgan fingerprint density at radius 2 is 1.67 bits per heavy atom. The first-order valence-corrected chi connectivity index (χ1v) is 10.6. The van der Waals surface area contributed by atoms with E-state index in [0.29, 0.717) is 17.1 Å². The van der Waals surface area contributed by atoms with E-state index in [9.17, 15) is 4.79 Å². The summed E-state index contributed by atoms with van der Waals surface area (Å²) in [5, 5.41) is 4.13. The van der Waals surface area contributed by atoms with Crippen LogP contribution in [0.25, 0.3) is 11.0 Å². The summed E-state index contributed by atoms with van der Waals surface area (Å²) in [5.74, 6) is 0.841. The zero-order chi connectivity index (χ0) is 20.9. The van der Waals surface area contributed by atoms with Crippen LogP contribution < -0.4 is 5.32 Å². The van der Waals surface area contributed by atoms with Crippen LogP contribution in [0.15, 0.2) is 72.8 Å². The van der Waals surface area contributed by atoms with Crippen molar-refractivity contribution in [3.8, 4) is 0 Å². The fraction of sp³-hybridized carbons (Fsp3) is 0.167. The van der Waals surface area contributed by atoms with Crippen molar-refractivity contribution in [2.24, 2.45) is 0 Å². The van der Waals surface area contributed by atoms with E-state index in [2.05, 4.69) is 16.0 Å². The molecule has 0 unspecified atom stereocenters. The number of carbonyl (C=O) groups excluding carboxylic acids is 1. The fourth-order valence-corrected chi connectivity index (χ4v) is 3.80. The monoisotopic (exact) mass is 437 g/mol. The van der Waals surface area contributed by atoms with Crippen LogP contribution in [-0.2, 0) is 13.0 Å². The summed E-state index contributed by atoms with van der Waals surface area (Å²) in [6.07, 6.45) is 1.53. The number of benzene rings is 3. The molecule has 0 bridgehead atoms. The van der Waals surface area contributed by atoms with Gasteiger partial charge in [-0.25, -0.2) is 4.98 Å². The molecule has 0 radical (unpaired) electrons. The Bertz CT molecular complexity index is 1170. The second-order valence-corrected chi connectivity index (χ2v) is 7.91. The average molecular weight is 438 g/mol. The van der Waals surface area contributed by atoms with Crippen molar-refractivity contribution in [1.82, 2.24) is 14.9 Å². The molecule has 0 aliphatic rings. The van der Waals surface area contributed by atoms with Crippen molar-refractivity contribution < 1.29 is 4.79 Å². The summed E-state index contributed by atoms with van der Waals surface area (Å²) >= 11 is 12.1. The first kappa shape index (κ1) is 20.5. The number of aromatic nitrogens is 2. The zero-order valence-electron chi connectivity index (χ0n) is 16.3.